The van der Waals surface area contributed by atoms with E-state index < -0.39 is 88.2 Å². The number of aliphatic carboxylic acids is 1. The number of carbonyl (C=O) groups is 6. The number of carboxylic acids is 1. The lowest BCUT2D eigenvalue weighted by atomic mass is 9.99. The van der Waals surface area contributed by atoms with Gasteiger partial charge >= 0.3 is 11.9 Å². The highest BCUT2D eigenvalue weighted by atomic mass is 32.2. The summed E-state index contributed by atoms with van der Waals surface area (Å²) in [6.07, 6.45) is -5.80. The Bertz CT molecular complexity index is 1630. The zero-order chi connectivity index (χ0) is 40.0. The molecule has 22 heteroatoms. The first-order valence-corrected chi connectivity index (χ1v) is 18.2. The van der Waals surface area contributed by atoms with E-state index in [0.717, 1.165) is 17.1 Å². The molecule has 21 nitrogen and oxygen atoms in total. The summed E-state index contributed by atoms with van der Waals surface area (Å²) in [6, 6.07) is 2.51. The van der Waals surface area contributed by atoms with Gasteiger partial charge in [0, 0.05) is 50.2 Å². The number of nitrogens with one attached hydrogen (secondary N) is 2. The number of esters is 1. The number of aliphatic hydroxyl groups is 3. The van der Waals surface area contributed by atoms with Crippen LogP contribution in [0.25, 0.3) is 0 Å². The molecule has 7 N–H and O–H groups in total. The van der Waals surface area contributed by atoms with Crippen molar-refractivity contribution < 1.29 is 85.8 Å². The first-order valence-electron chi connectivity index (χ1n) is 16.6. The Morgan fingerprint density at radius 1 is 0.963 bits per heavy atom. The number of aliphatic hydroxyl groups excluding tert-OH is 3. The van der Waals surface area contributed by atoms with Gasteiger partial charge in [-0.3, -0.25) is 33.4 Å². The number of hydrogen-bond donors (Lipinski definition) is 7. The molecule has 0 radical (unpaired) electrons. The lowest BCUT2D eigenvalue weighted by molar-refractivity contribution is -0.271. The summed E-state index contributed by atoms with van der Waals surface area (Å²) >= 11 is 0. The zero-order valence-electron chi connectivity index (χ0n) is 29.0. The number of ether oxygens (including phenoxy) is 5. The number of imide groups is 1. The summed E-state index contributed by atoms with van der Waals surface area (Å²) in [5, 5.41) is 44.2. The molecule has 0 saturated carbocycles. The molecule has 1 saturated heterocycles. The van der Waals surface area contributed by atoms with Crippen LogP contribution < -0.4 is 20.1 Å². The number of carbonyl (C=O) groups excluding carboxylic acids is 5. The van der Waals surface area contributed by atoms with E-state index in [-0.39, 0.29) is 57.4 Å². The maximum atomic E-state index is 12.7. The van der Waals surface area contributed by atoms with Gasteiger partial charge in [-0.05, 0) is 25.0 Å². The van der Waals surface area contributed by atoms with E-state index in [1.165, 1.54) is 25.1 Å². The largest absolute Gasteiger partial charge is 0.491 e. The fourth-order valence-corrected chi connectivity index (χ4v) is 5.71. The van der Waals surface area contributed by atoms with Crippen molar-refractivity contribution in [3.63, 3.8) is 0 Å². The Balaban J connectivity index is 1.45. The molecule has 0 bridgehead atoms. The molecule has 1 aromatic rings. The Labute approximate surface area is 308 Å². The van der Waals surface area contributed by atoms with Crippen molar-refractivity contribution in [2.45, 2.75) is 76.0 Å². The molecular weight excluding hydrogens is 746 g/mol. The topological polar surface area (TPSA) is 311 Å². The van der Waals surface area contributed by atoms with Crippen LogP contribution >= 0.6 is 0 Å². The third kappa shape index (κ3) is 13.9. The summed E-state index contributed by atoms with van der Waals surface area (Å²) in [4.78, 5) is 72.1. The molecule has 0 aliphatic carbocycles. The van der Waals surface area contributed by atoms with Gasteiger partial charge in [-0.1, -0.05) is 6.42 Å². The predicted octanol–water partition coefficient (Wildman–Crippen LogP) is -2.61. The van der Waals surface area contributed by atoms with Gasteiger partial charge in [-0.25, -0.2) is 4.79 Å². The molecule has 1 fully saturated rings. The van der Waals surface area contributed by atoms with Gasteiger partial charge in [-0.2, -0.15) is 8.42 Å². The lowest BCUT2D eigenvalue weighted by Crippen LogP contribution is -2.61. The van der Waals surface area contributed by atoms with E-state index in [1.807, 2.05) is 0 Å². The van der Waals surface area contributed by atoms with Gasteiger partial charge < -0.3 is 54.7 Å². The highest BCUT2D eigenvalue weighted by Gasteiger charge is 2.48. The predicted molar refractivity (Wildman–Crippen MR) is 179 cm³/mol. The van der Waals surface area contributed by atoms with Crippen LogP contribution in [-0.2, 0) is 59.7 Å². The van der Waals surface area contributed by atoms with E-state index in [4.69, 9.17) is 23.7 Å². The van der Waals surface area contributed by atoms with E-state index in [1.54, 1.807) is 0 Å². The van der Waals surface area contributed by atoms with Gasteiger partial charge in [0.2, 0.25) is 18.1 Å². The smallest absolute Gasteiger partial charge is 0.335 e. The number of nitrogens with zero attached hydrogens (tertiary/aromatic N) is 1. The monoisotopic (exact) mass is 789 g/mol. The van der Waals surface area contributed by atoms with Gasteiger partial charge in [0.25, 0.3) is 21.9 Å². The van der Waals surface area contributed by atoms with Crippen molar-refractivity contribution in [3.8, 4) is 11.5 Å². The van der Waals surface area contributed by atoms with Crippen molar-refractivity contribution in [2.75, 3.05) is 38.7 Å². The number of amides is 4. The standard InChI is InChI=1S/C32H43N3O18S/c1-18(36)51-16-19-6-7-20(52-32-28(42)26(40)27(41)29(53-32)31(44)45)15-22(19)50-14-13-49-12-10-33-30(43)21(17-54(46,47)48)34-23(37)5-3-2-4-11-35-24(38)8-9-25(35)39/h6-9,15,21,26-29,32,40-42H,2-5,10-14,16-17H2,1H3,(H,33,43)(H,34,37)(H,44,45)(H,46,47,48)/t21?,26-,27-,28+,29-,32+/m0/s1. The van der Waals surface area contributed by atoms with Crippen molar-refractivity contribution in [3.05, 3.63) is 35.9 Å². The number of rotatable bonds is 22. The van der Waals surface area contributed by atoms with Gasteiger partial charge in [0.05, 0.1) is 13.2 Å². The molecule has 0 spiro atoms. The first-order chi connectivity index (χ1) is 25.5. The second-order valence-corrected chi connectivity index (χ2v) is 13.5. The quantitative estimate of drug-likeness (QED) is 0.0274. The lowest BCUT2D eigenvalue weighted by Gasteiger charge is -2.38. The fraction of sp³-hybridized carbons (Fsp3) is 0.562. The van der Waals surface area contributed by atoms with E-state index in [2.05, 4.69) is 10.6 Å². The van der Waals surface area contributed by atoms with Crippen LogP contribution in [-0.4, -0.2) is 149 Å². The molecule has 0 aromatic heterocycles. The number of hydrogen-bond acceptors (Lipinski definition) is 16. The molecule has 1 aromatic carbocycles. The molecule has 2 heterocycles. The average Bonchev–Trinajstić information content (AvgIpc) is 3.42. The normalized spacial score (nSPS) is 21.7. The SMILES string of the molecule is CC(=O)OCc1ccc(O[C@@H]2O[C@H](C(=O)O)[C@@H](O)[C@H](O)[C@H]2O)cc1OCCOCCNC(=O)C(CS(=O)(=O)O)NC(=O)CCCCCN1C(=O)C=CC1=O. The Kier molecular flexibility index (Phi) is 16.7. The van der Waals surface area contributed by atoms with E-state index in [0.29, 0.717) is 24.8 Å². The Morgan fingerprint density at radius 3 is 2.31 bits per heavy atom. The summed E-state index contributed by atoms with van der Waals surface area (Å²) < 4.78 is 59.1. The third-order valence-electron chi connectivity index (χ3n) is 7.78. The van der Waals surface area contributed by atoms with Crippen molar-refractivity contribution in [1.29, 1.82) is 0 Å². The summed E-state index contributed by atoms with van der Waals surface area (Å²) in [6.45, 7) is 0.742. The molecule has 2 aliphatic rings. The minimum atomic E-state index is -4.67. The van der Waals surface area contributed by atoms with Crippen LogP contribution in [0.1, 0.15) is 38.2 Å². The van der Waals surface area contributed by atoms with Crippen LogP contribution in [0.2, 0.25) is 0 Å². The van der Waals surface area contributed by atoms with Gasteiger partial charge in [0.15, 0.2) is 6.10 Å². The Morgan fingerprint density at radius 2 is 1.67 bits per heavy atom. The molecule has 4 amide bonds. The maximum Gasteiger partial charge on any atom is 0.335 e. The molecule has 3 rings (SSSR count). The van der Waals surface area contributed by atoms with Crippen molar-refractivity contribution in [2.24, 2.45) is 0 Å². The maximum absolute atomic E-state index is 12.7. The number of unbranched alkanes of at least 4 members (excludes halogenated alkanes) is 2. The summed E-state index contributed by atoms with van der Waals surface area (Å²) in [5.74, 6) is -5.58. The fourth-order valence-electron chi connectivity index (χ4n) is 5.05. The van der Waals surface area contributed by atoms with Crippen LogP contribution in [0.15, 0.2) is 30.4 Å². The highest BCUT2D eigenvalue weighted by molar-refractivity contribution is 7.85. The summed E-state index contributed by atoms with van der Waals surface area (Å²) in [5.41, 5.74) is 0.369. The molecule has 300 valence electrons. The average molecular weight is 790 g/mol. The van der Waals surface area contributed by atoms with E-state index in [9.17, 15) is 62.2 Å². The summed E-state index contributed by atoms with van der Waals surface area (Å²) in [7, 11) is -4.67. The first kappa shape index (κ1) is 43.7. The Hall–Kier alpha value is -4.71. The van der Waals surface area contributed by atoms with Crippen LogP contribution in [0.4, 0.5) is 0 Å². The zero-order valence-corrected chi connectivity index (χ0v) is 29.8. The second-order valence-electron chi connectivity index (χ2n) is 12.0. The van der Waals surface area contributed by atoms with Crippen LogP contribution in [0, 0.1) is 0 Å². The van der Waals surface area contributed by atoms with Gasteiger partial charge in [-0.15, -0.1) is 0 Å². The van der Waals surface area contributed by atoms with Gasteiger partial charge in [0.1, 0.15) is 54.8 Å². The number of carboxylic acid groups (broad SMARTS) is 1. The van der Waals surface area contributed by atoms with Crippen molar-refractivity contribution in [1.82, 2.24) is 15.5 Å². The molecular formula is C32H43N3O18S. The second kappa shape index (κ2) is 20.7. The minimum absolute atomic E-state index is 0.0193. The van der Waals surface area contributed by atoms with Crippen LogP contribution in [0.5, 0.6) is 11.5 Å². The minimum Gasteiger partial charge on any atom is -0.491 e. The molecule has 2 aliphatic heterocycles. The van der Waals surface area contributed by atoms with Crippen molar-refractivity contribution >= 4 is 45.7 Å². The highest BCUT2D eigenvalue weighted by Crippen LogP contribution is 2.29. The molecule has 1 unspecified atom stereocenters. The van der Waals surface area contributed by atoms with Crippen LogP contribution in [0.3, 0.4) is 0 Å². The van der Waals surface area contributed by atoms with E-state index >= 15 is 0 Å². The molecule has 54 heavy (non-hydrogen) atoms. The number of benzene rings is 1. The molecule has 6 atom stereocenters. The third-order valence-corrected chi connectivity index (χ3v) is 8.54.